The number of pyridine rings is 1. The first kappa shape index (κ1) is 13.5. The van der Waals surface area contributed by atoms with E-state index in [4.69, 9.17) is 9.84 Å². The van der Waals surface area contributed by atoms with E-state index in [-0.39, 0.29) is 12.3 Å². The van der Waals surface area contributed by atoms with Gasteiger partial charge in [-0.1, -0.05) is 0 Å². The van der Waals surface area contributed by atoms with Crippen LogP contribution in [0.25, 0.3) is 0 Å². The largest absolute Gasteiger partial charge is 0.481 e. The van der Waals surface area contributed by atoms with Crippen molar-refractivity contribution in [3.05, 3.63) is 22.2 Å². The molecule has 0 saturated carbocycles. The highest BCUT2D eigenvalue weighted by Gasteiger charge is 2.29. The predicted molar refractivity (Wildman–Crippen MR) is 69.5 cm³/mol. The van der Waals surface area contributed by atoms with Crippen LogP contribution in [0, 0.1) is 16.0 Å². The Kier molecular flexibility index (Phi) is 4.16. The molecule has 0 bridgehead atoms. The van der Waals surface area contributed by atoms with Crippen molar-refractivity contribution in [3.8, 4) is 5.88 Å². The normalized spacial score (nSPS) is 18.6. The fourth-order valence-electron chi connectivity index (χ4n) is 2.36. The highest BCUT2D eigenvalue weighted by molar-refractivity contribution is 5.59. The first-order chi connectivity index (χ1) is 9.15. The van der Waals surface area contributed by atoms with Gasteiger partial charge in [0.2, 0.25) is 11.7 Å². The summed E-state index contributed by atoms with van der Waals surface area (Å²) in [6.07, 6.45) is 1.63. The summed E-state index contributed by atoms with van der Waals surface area (Å²) in [5.74, 6) is 1.08. The summed E-state index contributed by atoms with van der Waals surface area (Å²) in [4.78, 5) is 16.7. The van der Waals surface area contributed by atoms with E-state index in [1.807, 2.05) is 4.90 Å². The van der Waals surface area contributed by atoms with Gasteiger partial charge in [0.15, 0.2) is 0 Å². The number of hydrogen-bond acceptors (Lipinski definition) is 6. The summed E-state index contributed by atoms with van der Waals surface area (Å²) in [6, 6.07) is 2.91. The molecule has 0 spiro atoms. The van der Waals surface area contributed by atoms with Crippen LogP contribution < -0.4 is 9.64 Å². The maximum Gasteiger partial charge on any atom is 0.311 e. The van der Waals surface area contributed by atoms with Crippen molar-refractivity contribution in [2.75, 3.05) is 31.7 Å². The standard InChI is InChI=1S/C12H17N3O4/c1-19-11-3-2-10(15(17)18)12(13-11)14-6-4-9(8-14)5-7-16/h2-3,9,16H,4-8H2,1H3. The van der Waals surface area contributed by atoms with Crippen LogP contribution in [-0.2, 0) is 0 Å². The third-order valence-corrected chi connectivity index (χ3v) is 3.36. The van der Waals surface area contributed by atoms with Gasteiger partial charge in [0, 0.05) is 31.8 Å². The molecule has 1 aliphatic rings. The Morgan fingerprint density at radius 2 is 2.42 bits per heavy atom. The van der Waals surface area contributed by atoms with E-state index < -0.39 is 4.92 Å². The monoisotopic (exact) mass is 267 g/mol. The number of aromatic nitrogens is 1. The number of anilines is 1. The lowest BCUT2D eigenvalue weighted by Crippen LogP contribution is -2.22. The summed E-state index contributed by atoms with van der Waals surface area (Å²) < 4.78 is 5.02. The quantitative estimate of drug-likeness (QED) is 0.637. The Morgan fingerprint density at radius 3 is 3.05 bits per heavy atom. The minimum atomic E-state index is -0.429. The lowest BCUT2D eigenvalue weighted by molar-refractivity contribution is -0.384. The van der Waals surface area contributed by atoms with Crippen LogP contribution in [-0.4, -0.2) is 41.8 Å². The van der Waals surface area contributed by atoms with Gasteiger partial charge in [-0.3, -0.25) is 10.1 Å². The van der Waals surface area contributed by atoms with Crippen LogP contribution in [0.15, 0.2) is 12.1 Å². The van der Waals surface area contributed by atoms with Crippen molar-refractivity contribution in [2.45, 2.75) is 12.8 Å². The van der Waals surface area contributed by atoms with E-state index in [1.54, 1.807) is 0 Å². The summed E-state index contributed by atoms with van der Waals surface area (Å²) in [6.45, 7) is 1.54. The molecule has 19 heavy (non-hydrogen) atoms. The second kappa shape index (κ2) is 5.83. The van der Waals surface area contributed by atoms with Gasteiger partial charge in [-0.15, -0.1) is 0 Å². The highest BCUT2D eigenvalue weighted by Crippen LogP contribution is 2.32. The average molecular weight is 267 g/mol. The molecule has 1 fully saturated rings. The zero-order valence-electron chi connectivity index (χ0n) is 10.8. The second-order valence-corrected chi connectivity index (χ2v) is 4.57. The maximum absolute atomic E-state index is 11.0. The molecule has 1 aliphatic heterocycles. The molecule has 7 heteroatoms. The van der Waals surface area contributed by atoms with Crippen molar-refractivity contribution < 1.29 is 14.8 Å². The lowest BCUT2D eigenvalue weighted by Gasteiger charge is -2.17. The highest BCUT2D eigenvalue weighted by atomic mass is 16.6. The molecule has 1 saturated heterocycles. The molecular formula is C12H17N3O4. The smallest absolute Gasteiger partial charge is 0.311 e. The maximum atomic E-state index is 11.0. The van der Waals surface area contributed by atoms with Crippen LogP contribution in [0.2, 0.25) is 0 Å². The third kappa shape index (κ3) is 2.93. The van der Waals surface area contributed by atoms with Gasteiger partial charge >= 0.3 is 5.69 Å². The molecule has 1 atom stereocenters. The molecule has 0 aliphatic carbocycles. The second-order valence-electron chi connectivity index (χ2n) is 4.57. The van der Waals surface area contributed by atoms with Crippen LogP contribution in [0.1, 0.15) is 12.8 Å². The summed E-state index contributed by atoms with van der Waals surface area (Å²) in [7, 11) is 1.48. The van der Waals surface area contributed by atoms with E-state index in [1.165, 1.54) is 19.2 Å². The molecule has 1 unspecified atom stereocenters. The van der Waals surface area contributed by atoms with E-state index in [2.05, 4.69) is 4.98 Å². The van der Waals surface area contributed by atoms with Crippen molar-refractivity contribution >= 4 is 11.5 Å². The lowest BCUT2D eigenvalue weighted by atomic mass is 10.1. The SMILES string of the molecule is COc1ccc([N+](=O)[O-])c(N2CCC(CCO)C2)n1. The number of nitro groups is 1. The summed E-state index contributed by atoms with van der Waals surface area (Å²) >= 11 is 0. The van der Waals surface area contributed by atoms with Crippen LogP contribution in [0.5, 0.6) is 5.88 Å². The number of ether oxygens (including phenoxy) is 1. The van der Waals surface area contributed by atoms with Crippen LogP contribution >= 0.6 is 0 Å². The van der Waals surface area contributed by atoms with Gasteiger partial charge in [-0.25, -0.2) is 0 Å². The summed E-state index contributed by atoms with van der Waals surface area (Å²) in [5.41, 5.74) is -0.00884. The molecule has 1 aromatic rings. The topological polar surface area (TPSA) is 88.7 Å². The van der Waals surface area contributed by atoms with Crippen LogP contribution in [0.4, 0.5) is 11.5 Å². The molecule has 7 nitrogen and oxygen atoms in total. The molecule has 0 amide bonds. The fourth-order valence-corrected chi connectivity index (χ4v) is 2.36. The van der Waals surface area contributed by atoms with E-state index in [9.17, 15) is 10.1 Å². The molecule has 1 N–H and O–H groups in total. The van der Waals surface area contributed by atoms with Crippen LogP contribution in [0.3, 0.4) is 0 Å². The molecule has 0 aromatic carbocycles. The average Bonchev–Trinajstić information content (AvgIpc) is 2.87. The zero-order valence-corrected chi connectivity index (χ0v) is 10.8. The molecular weight excluding hydrogens is 250 g/mol. The fraction of sp³-hybridized carbons (Fsp3) is 0.583. The Bertz CT molecular complexity index is 466. The number of aliphatic hydroxyl groups excluding tert-OH is 1. The van der Waals surface area contributed by atoms with E-state index in [0.29, 0.717) is 37.1 Å². The van der Waals surface area contributed by atoms with Crippen molar-refractivity contribution in [3.63, 3.8) is 0 Å². The van der Waals surface area contributed by atoms with E-state index >= 15 is 0 Å². The van der Waals surface area contributed by atoms with E-state index in [0.717, 1.165) is 6.42 Å². The molecule has 1 aromatic heterocycles. The molecule has 2 rings (SSSR count). The Morgan fingerprint density at radius 1 is 1.63 bits per heavy atom. The Hall–Kier alpha value is -1.89. The van der Waals surface area contributed by atoms with Gasteiger partial charge in [0.25, 0.3) is 0 Å². The number of methoxy groups -OCH3 is 1. The number of hydrogen-bond donors (Lipinski definition) is 1. The van der Waals surface area contributed by atoms with Crippen molar-refractivity contribution in [2.24, 2.45) is 5.92 Å². The Balaban J connectivity index is 2.25. The van der Waals surface area contributed by atoms with Gasteiger partial charge in [0.1, 0.15) is 0 Å². The molecule has 104 valence electrons. The zero-order chi connectivity index (χ0) is 13.8. The molecule has 2 heterocycles. The van der Waals surface area contributed by atoms with Crippen molar-refractivity contribution in [1.29, 1.82) is 0 Å². The van der Waals surface area contributed by atoms with Gasteiger partial charge in [0.05, 0.1) is 12.0 Å². The number of nitrogens with zero attached hydrogens (tertiary/aromatic N) is 3. The van der Waals surface area contributed by atoms with Gasteiger partial charge in [-0.05, 0) is 18.8 Å². The van der Waals surface area contributed by atoms with Gasteiger partial charge in [-0.2, -0.15) is 4.98 Å². The van der Waals surface area contributed by atoms with Gasteiger partial charge < -0.3 is 14.7 Å². The number of aliphatic hydroxyl groups is 1. The predicted octanol–water partition coefficient (Wildman–Crippen LogP) is 1.21. The minimum absolute atomic E-state index is 0.00884. The summed E-state index contributed by atoms with van der Waals surface area (Å²) in [5, 5.41) is 20.0. The minimum Gasteiger partial charge on any atom is -0.481 e. The first-order valence-corrected chi connectivity index (χ1v) is 6.21. The third-order valence-electron chi connectivity index (χ3n) is 3.36. The first-order valence-electron chi connectivity index (χ1n) is 6.21. The molecule has 0 radical (unpaired) electrons. The van der Waals surface area contributed by atoms with Crippen molar-refractivity contribution in [1.82, 2.24) is 4.98 Å². The number of rotatable bonds is 5. The Labute approximate surface area is 111 Å².